The van der Waals surface area contributed by atoms with E-state index in [2.05, 4.69) is 103 Å². The van der Waals surface area contributed by atoms with Crippen LogP contribution in [0.3, 0.4) is 0 Å². The zero-order chi connectivity index (χ0) is 19.7. The average Bonchev–Trinajstić information content (AvgIpc) is 2.27. The van der Waals surface area contributed by atoms with Gasteiger partial charge in [0.05, 0.1) is 22.2 Å². The smallest absolute Gasteiger partial charge is 0.0524 e. The van der Waals surface area contributed by atoms with Crippen molar-refractivity contribution in [3.63, 3.8) is 0 Å². The molecule has 25 heavy (non-hydrogen) atoms. The van der Waals surface area contributed by atoms with E-state index in [0.717, 1.165) is 0 Å². The fourth-order valence-electron chi connectivity index (χ4n) is 1.03. The van der Waals surface area contributed by atoms with Crippen molar-refractivity contribution in [3.8, 4) is 0 Å². The number of aliphatic imine (C=N–C) groups is 4. The van der Waals surface area contributed by atoms with E-state index in [1.807, 2.05) is 0 Å². The summed E-state index contributed by atoms with van der Waals surface area (Å²) in [5, 5.41) is 0. The Morgan fingerprint density at radius 3 is 0.560 bits per heavy atom. The number of rotatable bonds is 2. The number of nitrogens with zero attached hydrogens (tertiary/aromatic N) is 4. The van der Waals surface area contributed by atoms with E-state index in [4.69, 9.17) is 0 Å². The zero-order valence-corrected chi connectivity index (χ0v) is 21.1. The van der Waals surface area contributed by atoms with Gasteiger partial charge in [-0.2, -0.15) is 0 Å². The van der Waals surface area contributed by atoms with Crippen LogP contribution in [0.5, 0.6) is 0 Å². The molecule has 0 unspecified atom stereocenters. The molecule has 0 atom stereocenters. The minimum atomic E-state index is 0. The molecular weight excluding hydrogens is 366 g/mol. The van der Waals surface area contributed by atoms with Crippen molar-refractivity contribution in [3.05, 3.63) is 0 Å². The maximum absolute atomic E-state index is 4.29. The van der Waals surface area contributed by atoms with Crippen LogP contribution in [0, 0.1) is 0 Å². The molecule has 3 radical (unpaired) electrons. The largest absolute Gasteiger partial charge is 0.286 e. The average molecular weight is 406 g/mol. The topological polar surface area (TPSA) is 49.4 Å². The molecule has 0 aromatic carbocycles. The molecule has 0 bridgehead atoms. The van der Waals surface area contributed by atoms with Crippen LogP contribution < -0.4 is 0 Å². The molecule has 0 amide bonds. The van der Waals surface area contributed by atoms with E-state index >= 15 is 0 Å². The molecule has 0 spiro atoms. The van der Waals surface area contributed by atoms with Crippen LogP contribution >= 0.6 is 0 Å². The first kappa shape index (κ1) is 29.1. The Hall–Kier alpha value is -0.684. The van der Waals surface area contributed by atoms with Gasteiger partial charge in [-0.05, 0) is 83.1 Å². The molecule has 0 aromatic rings. The van der Waals surface area contributed by atoms with E-state index in [1.165, 1.54) is 0 Å². The molecule has 0 saturated heterocycles. The predicted molar refractivity (Wildman–Crippen MR) is 119 cm³/mol. The molecular formula is C20H40GaN4. The van der Waals surface area contributed by atoms with E-state index in [9.17, 15) is 0 Å². The Labute approximate surface area is 169 Å². The second kappa shape index (κ2) is 11.8. The second-order valence-corrected chi connectivity index (χ2v) is 9.80. The van der Waals surface area contributed by atoms with Gasteiger partial charge in [-0.15, -0.1) is 0 Å². The van der Waals surface area contributed by atoms with Crippen molar-refractivity contribution < 1.29 is 0 Å². The van der Waals surface area contributed by atoms with E-state index in [0.29, 0.717) is 0 Å². The minimum absolute atomic E-state index is 0. The van der Waals surface area contributed by atoms with Gasteiger partial charge in [0.25, 0.3) is 0 Å². The predicted octanol–water partition coefficient (Wildman–Crippen LogP) is 5.07. The SMILES string of the molecule is CC(C)(C)N=CC=NC(C)(C)C.CC(C)(C)N=CC=NC(C)(C)C.[Ga]. The van der Waals surface area contributed by atoms with Crippen LogP contribution in [0.1, 0.15) is 83.1 Å². The second-order valence-electron chi connectivity index (χ2n) is 9.80. The summed E-state index contributed by atoms with van der Waals surface area (Å²) in [7, 11) is 0. The van der Waals surface area contributed by atoms with Crippen molar-refractivity contribution in [2.45, 2.75) is 105 Å². The Balaban J connectivity index is -0.000000372. The van der Waals surface area contributed by atoms with Crippen LogP contribution in [0.2, 0.25) is 0 Å². The molecule has 5 heteroatoms. The van der Waals surface area contributed by atoms with E-state index < -0.39 is 0 Å². The molecule has 0 aliphatic carbocycles. The van der Waals surface area contributed by atoms with E-state index in [1.54, 1.807) is 24.9 Å². The summed E-state index contributed by atoms with van der Waals surface area (Å²) in [6.07, 6.45) is 7.08. The van der Waals surface area contributed by atoms with Gasteiger partial charge in [0.2, 0.25) is 0 Å². The fourth-order valence-corrected chi connectivity index (χ4v) is 1.03. The third-order valence-electron chi connectivity index (χ3n) is 1.98. The van der Waals surface area contributed by atoms with Gasteiger partial charge in [0.1, 0.15) is 0 Å². The van der Waals surface area contributed by atoms with Crippen LogP contribution in [-0.4, -0.2) is 66.8 Å². The van der Waals surface area contributed by atoms with Crippen LogP contribution in [-0.2, 0) is 0 Å². The van der Waals surface area contributed by atoms with Crippen molar-refractivity contribution >= 4 is 44.6 Å². The quantitative estimate of drug-likeness (QED) is 0.454. The summed E-state index contributed by atoms with van der Waals surface area (Å²) in [6.45, 7) is 24.8. The summed E-state index contributed by atoms with van der Waals surface area (Å²) in [6, 6.07) is 0. The normalized spacial score (nSPS) is 14.2. The van der Waals surface area contributed by atoms with Gasteiger partial charge in [0, 0.05) is 44.6 Å². The third-order valence-corrected chi connectivity index (χ3v) is 1.98. The first-order chi connectivity index (χ1) is 10.4. The van der Waals surface area contributed by atoms with Crippen molar-refractivity contribution in [2.75, 3.05) is 0 Å². The summed E-state index contributed by atoms with van der Waals surface area (Å²) in [5.41, 5.74) is 0.0155. The van der Waals surface area contributed by atoms with Gasteiger partial charge >= 0.3 is 0 Å². The summed E-state index contributed by atoms with van der Waals surface area (Å²) < 4.78 is 0. The van der Waals surface area contributed by atoms with Crippen LogP contribution in [0.25, 0.3) is 0 Å². The molecule has 0 saturated carbocycles. The molecule has 4 nitrogen and oxygen atoms in total. The van der Waals surface area contributed by atoms with E-state index in [-0.39, 0.29) is 41.9 Å². The van der Waals surface area contributed by atoms with Crippen molar-refractivity contribution in [1.82, 2.24) is 0 Å². The number of hydrogen-bond acceptors (Lipinski definition) is 4. The Kier molecular flexibility index (Phi) is 13.8. The number of hydrogen-bond donors (Lipinski definition) is 0. The molecule has 0 aliphatic heterocycles. The minimum Gasteiger partial charge on any atom is -0.286 e. The standard InChI is InChI=1S/2C10H20N2.Ga/c2*1-9(2,3)11-7-8-12-10(4,5)6;/h2*7-8H,1-6H3;. The zero-order valence-electron chi connectivity index (χ0n) is 18.7. The van der Waals surface area contributed by atoms with Gasteiger partial charge in [0.15, 0.2) is 0 Å². The van der Waals surface area contributed by atoms with Gasteiger partial charge in [-0.1, -0.05) is 0 Å². The fraction of sp³-hybridized carbons (Fsp3) is 0.800. The van der Waals surface area contributed by atoms with Crippen molar-refractivity contribution in [1.29, 1.82) is 0 Å². The molecule has 0 rings (SSSR count). The van der Waals surface area contributed by atoms with Gasteiger partial charge in [-0.25, -0.2) is 0 Å². The third kappa shape index (κ3) is 35.3. The van der Waals surface area contributed by atoms with Gasteiger partial charge < -0.3 is 0 Å². The van der Waals surface area contributed by atoms with Gasteiger partial charge in [-0.3, -0.25) is 20.0 Å². The molecule has 0 aromatic heterocycles. The summed E-state index contributed by atoms with van der Waals surface area (Å²) >= 11 is 0. The summed E-state index contributed by atoms with van der Waals surface area (Å²) in [5.74, 6) is 0. The first-order valence-electron chi connectivity index (χ1n) is 8.59. The Bertz CT molecular complexity index is 360. The Morgan fingerprint density at radius 1 is 0.360 bits per heavy atom. The molecule has 0 heterocycles. The maximum atomic E-state index is 4.29. The van der Waals surface area contributed by atoms with Crippen LogP contribution in [0.4, 0.5) is 0 Å². The Morgan fingerprint density at radius 2 is 0.480 bits per heavy atom. The first-order valence-corrected chi connectivity index (χ1v) is 8.59. The molecule has 143 valence electrons. The maximum Gasteiger partial charge on any atom is 0.0524 e. The van der Waals surface area contributed by atoms with Crippen LogP contribution in [0.15, 0.2) is 20.0 Å². The summed E-state index contributed by atoms with van der Waals surface area (Å²) in [4.78, 5) is 17.1. The van der Waals surface area contributed by atoms with Crippen molar-refractivity contribution in [2.24, 2.45) is 20.0 Å². The monoisotopic (exact) mass is 405 g/mol. The molecule has 0 N–H and O–H groups in total. The molecule has 0 aliphatic rings. The molecule has 0 fully saturated rings.